The largest absolute Gasteiger partial charge is 0.623 e. The van der Waals surface area contributed by atoms with Crippen LogP contribution < -0.4 is 0 Å². The van der Waals surface area contributed by atoms with Gasteiger partial charge in [-0.15, -0.1) is 11.3 Å². The molecule has 0 aliphatic rings. The second-order valence-electron chi connectivity index (χ2n) is 3.92. The summed E-state index contributed by atoms with van der Waals surface area (Å²) >= 11 is 1.55. The van der Waals surface area contributed by atoms with E-state index >= 15 is 0 Å². The van der Waals surface area contributed by atoms with Gasteiger partial charge in [-0.1, -0.05) is 0 Å². The number of aromatic nitrogens is 1. The van der Waals surface area contributed by atoms with E-state index in [1.807, 2.05) is 33.1 Å². The average Bonchev–Trinajstić information content (AvgIpc) is 2.33. The topological polar surface area (TPSA) is 39.0 Å². The van der Waals surface area contributed by atoms with Crippen LogP contribution in [0.5, 0.6) is 0 Å². The Morgan fingerprint density at radius 2 is 2.15 bits per heavy atom. The maximum absolute atomic E-state index is 11.5. The molecule has 1 heterocycles. The summed E-state index contributed by atoms with van der Waals surface area (Å²) in [5, 5.41) is 14.3. The minimum absolute atomic E-state index is 0.391. The molecule has 0 aliphatic carbocycles. The molecule has 0 saturated heterocycles. The molecular formula is C9H14N2OS. The Morgan fingerprint density at radius 3 is 2.54 bits per heavy atom. The average molecular weight is 198 g/mol. The molecule has 3 nitrogen and oxygen atoms in total. The van der Waals surface area contributed by atoms with Gasteiger partial charge in [0.2, 0.25) is 6.21 Å². The van der Waals surface area contributed by atoms with Gasteiger partial charge in [-0.25, -0.2) is 9.72 Å². The third kappa shape index (κ3) is 2.81. The zero-order valence-corrected chi connectivity index (χ0v) is 9.18. The maximum atomic E-state index is 11.5. The van der Waals surface area contributed by atoms with Gasteiger partial charge in [0.1, 0.15) is 5.69 Å². The molecule has 4 heteroatoms. The third-order valence-corrected chi connectivity index (χ3v) is 2.34. The molecule has 0 radical (unpaired) electrons. The van der Waals surface area contributed by atoms with Gasteiger partial charge in [-0.3, -0.25) is 0 Å². The highest BCUT2D eigenvalue weighted by Crippen LogP contribution is 2.08. The molecule has 0 aliphatic heterocycles. The summed E-state index contributed by atoms with van der Waals surface area (Å²) in [5.74, 6) is 0. The highest BCUT2D eigenvalue weighted by atomic mass is 32.1. The predicted octanol–water partition coefficient (Wildman–Crippen LogP) is 2.18. The molecule has 0 saturated carbocycles. The van der Waals surface area contributed by atoms with Crippen LogP contribution >= 0.6 is 11.3 Å². The quantitative estimate of drug-likeness (QED) is 0.300. The van der Waals surface area contributed by atoms with E-state index in [1.165, 1.54) is 6.21 Å². The van der Waals surface area contributed by atoms with Gasteiger partial charge in [0.15, 0.2) is 5.54 Å². The van der Waals surface area contributed by atoms with Gasteiger partial charge in [0, 0.05) is 26.2 Å². The number of rotatable bonds is 1. The van der Waals surface area contributed by atoms with E-state index in [4.69, 9.17) is 0 Å². The summed E-state index contributed by atoms with van der Waals surface area (Å²) in [5.41, 5.74) is 0.352. The molecule has 1 aromatic rings. The number of thiazole rings is 1. The van der Waals surface area contributed by atoms with Gasteiger partial charge in [-0.2, -0.15) is 0 Å². The minimum atomic E-state index is -0.391. The van der Waals surface area contributed by atoms with Crippen molar-refractivity contribution < 1.29 is 4.74 Å². The van der Waals surface area contributed by atoms with E-state index in [9.17, 15) is 5.21 Å². The van der Waals surface area contributed by atoms with Gasteiger partial charge in [0.25, 0.3) is 0 Å². The maximum Gasteiger partial charge on any atom is 0.201 e. The number of nitrogens with zero attached hydrogens (tertiary/aromatic N) is 2. The second kappa shape index (κ2) is 3.46. The van der Waals surface area contributed by atoms with Crippen molar-refractivity contribution >= 4 is 17.6 Å². The molecule has 0 aromatic carbocycles. The van der Waals surface area contributed by atoms with E-state index in [1.54, 1.807) is 11.3 Å². The fraction of sp³-hybridized carbons (Fsp3) is 0.556. The van der Waals surface area contributed by atoms with Crippen molar-refractivity contribution in [2.45, 2.75) is 33.2 Å². The van der Waals surface area contributed by atoms with Crippen LogP contribution in [0.1, 0.15) is 31.5 Å². The summed E-state index contributed by atoms with van der Waals surface area (Å²) in [4.78, 5) is 4.19. The van der Waals surface area contributed by atoms with E-state index in [2.05, 4.69) is 4.98 Å². The summed E-state index contributed by atoms with van der Waals surface area (Å²) in [6, 6.07) is 0. The lowest BCUT2D eigenvalue weighted by Crippen LogP contribution is -2.29. The molecular weight excluding hydrogens is 184 g/mol. The smallest absolute Gasteiger partial charge is 0.201 e. The van der Waals surface area contributed by atoms with E-state index in [-0.39, 0.29) is 0 Å². The second-order valence-corrected chi connectivity index (χ2v) is 4.98. The number of hydrogen-bond donors (Lipinski definition) is 0. The molecule has 0 atom stereocenters. The molecule has 72 valence electrons. The Hall–Kier alpha value is -0.900. The van der Waals surface area contributed by atoms with Crippen LogP contribution in [0.3, 0.4) is 0 Å². The van der Waals surface area contributed by atoms with Gasteiger partial charge in [0.05, 0.1) is 5.01 Å². The van der Waals surface area contributed by atoms with Crippen LogP contribution in [-0.2, 0) is 0 Å². The highest BCUT2D eigenvalue weighted by Gasteiger charge is 2.18. The monoisotopic (exact) mass is 198 g/mol. The first-order valence-electron chi connectivity index (χ1n) is 4.13. The zero-order valence-electron chi connectivity index (χ0n) is 8.37. The molecule has 0 amide bonds. The normalized spacial score (nSPS) is 13.4. The van der Waals surface area contributed by atoms with Gasteiger partial charge >= 0.3 is 0 Å². The van der Waals surface area contributed by atoms with Crippen molar-refractivity contribution in [2.75, 3.05) is 0 Å². The Labute approximate surface area is 82.3 Å². The molecule has 1 aromatic heterocycles. The van der Waals surface area contributed by atoms with Gasteiger partial charge < -0.3 is 5.21 Å². The first-order chi connectivity index (χ1) is 5.89. The molecule has 13 heavy (non-hydrogen) atoms. The van der Waals surface area contributed by atoms with Crippen LogP contribution in [0.4, 0.5) is 0 Å². The van der Waals surface area contributed by atoms with Crippen molar-refractivity contribution in [3.05, 3.63) is 21.3 Å². The van der Waals surface area contributed by atoms with Crippen molar-refractivity contribution in [1.82, 2.24) is 4.98 Å². The number of aryl methyl sites for hydroxylation is 1. The molecule has 0 fully saturated rings. The van der Waals surface area contributed by atoms with Crippen LogP contribution in [0, 0.1) is 12.1 Å². The van der Waals surface area contributed by atoms with Crippen LogP contribution in [0.2, 0.25) is 0 Å². The van der Waals surface area contributed by atoms with Crippen LogP contribution in [-0.4, -0.2) is 21.5 Å². The first kappa shape index (κ1) is 10.2. The lowest BCUT2D eigenvalue weighted by molar-refractivity contribution is -0.530. The predicted molar refractivity (Wildman–Crippen MR) is 55.4 cm³/mol. The standard InChI is InChI=1S/C9H14N2OS/c1-7-10-8(6-13-7)5-11(12)9(2,3)4/h5-6H,1-4H3/b11-5-. The molecule has 0 spiro atoms. The summed E-state index contributed by atoms with van der Waals surface area (Å²) < 4.78 is 0.932. The van der Waals surface area contributed by atoms with Crippen molar-refractivity contribution in [3.63, 3.8) is 0 Å². The van der Waals surface area contributed by atoms with Crippen molar-refractivity contribution in [2.24, 2.45) is 0 Å². The highest BCUT2D eigenvalue weighted by molar-refractivity contribution is 7.09. The Bertz CT molecular complexity index is 323. The van der Waals surface area contributed by atoms with Crippen molar-refractivity contribution in [3.8, 4) is 0 Å². The Kier molecular flexibility index (Phi) is 2.71. The fourth-order valence-corrected chi connectivity index (χ4v) is 1.32. The summed E-state index contributed by atoms with van der Waals surface area (Å²) in [7, 11) is 0. The molecule has 1 rings (SSSR count). The third-order valence-electron chi connectivity index (χ3n) is 1.55. The lowest BCUT2D eigenvalue weighted by atomic mass is 10.1. The number of hydrogen-bond acceptors (Lipinski definition) is 3. The molecule has 0 N–H and O–H groups in total. The van der Waals surface area contributed by atoms with Crippen LogP contribution in [0.15, 0.2) is 5.38 Å². The fourth-order valence-electron chi connectivity index (χ4n) is 0.753. The van der Waals surface area contributed by atoms with Crippen LogP contribution in [0.25, 0.3) is 0 Å². The van der Waals surface area contributed by atoms with E-state index < -0.39 is 5.54 Å². The summed E-state index contributed by atoms with van der Waals surface area (Å²) in [6.45, 7) is 7.54. The zero-order chi connectivity index (χ0) is 10.1. The van der Waals surface area contributed by atoms with Crippen molar-refractivity contribution in [1.29, 1.82) is 0 Å². The Morgan fingerprint density at radius 1 is 1.54 bits per heavy atom. The molecule has 0 unspecified atom stereocenters. The van der Waals surface area contributed by atoms with E-state index in [0.29, 0.717) is 0 Å². The minimum Gasteiger partial charge on any atom is -0.623 e. The SMILES string of the molecule is Cc1nc(/C=[N+](\[O-])C(C)(C)C)cs1. The van der Waals surface area contributed by atoms with E-state index in [0.717, 1.165) is 15.4 Å². The first-order valence-corrected chi connectivity index (χ1v) is 5.01. The molecule has 0 bridgehead atoms. The number of hydroxylamine groups is 1. The Balaban J connectivity index is 2.89. The lowest BCUT2D eigenvalue weighted by Gasteiger charge is -2.17. The summed E-state index contributed by atoms with van der Waals surface area (Å²) in [6.07, 6.45) is 1.53. The van der Waals surface area contributed by atoms with Gasteiger partial charge in [-0.05, 0) is 6.92 Å².